The van der Waals surface area contributed by atoms with Crippen molar-refractivity contribution in [3.05, 3.63) is 84.6 Å². The highest BCUT2D eigenvalue weighted by Crippen LogP contribution is 2.28. The molecule has 4 aromatic rings. The van der Waals surface area contributed by atoms with Crippen LogP contribution in [-0.4, -0.2) is 16.6 Å². The maximum absolute atomic E-state index is 12.4. The number of hydrogen-bond donors (Lipinski definition) is 1. The van der Waals surface area contributed by atoms with Crippen LogP contribution in [0.4, 0.5) is 5.69 Å². The number of rotatable bonds is 5. The SMILES string of the molecule is O=C(CSCc1ccccc1)Nc1ccnc2c1ccc1ccccc12. The molecule has 0 aliphatic rings. The summed E-state index contributed by atoms with van der Waals surface area (Å²) in [5.41, 5.74) is 2.95. The molecule has 0 aliphatic heterocycles. The van der Waals surface area contributed by atoms with E-state index in [4.69, 9.17) is 0 Å². The molecule has 4 heteroatoms. The van der Waals surface area contributed by atoms with Crippen LogP contribution in [0.3, 0.4) is 0 Å². The van der Waals surface area contributed by atoms with Crippen LogP contribution in [0, 0.1) is 0 Å². The van der Waals surface area contributed by atoms with Gasteiger partial charge in [-0.15, -0.1) is 11.8 Å². The number of aromatic nitrogens is 1. The third kappa shape index (κ3) is 3.55. The maximum Gasteiger partial charge on any atom is 0.234 e. The molecule has 1 aromatic heterocycles. The Morgan fingerprint density at radius 2 is 1.69 bits per heavy atom. The van der Waals surface area contributed by atoms with E-state index in [1.54, 1.807) is 18.0 Å². The predicted molar refractivity (Wildman–Crippen MR) is 110 cm³/mol. The topological polar surface area (TPSA) is 42.0 Å². The summed E-state index contributed by atoms with van der Waals surface area (Å²) < 4.78 is 0. The number of pyridine rings is 1. The zero-order chi connectivity index (χ0) is 17.8. The van der Waals surface area contributed by atoms with Gasteiger partial charge in [0.05, 0.1) is 17.0 Å². The normalized spacial score (nSPS) is 10.9. The number of carbonyl (C=O) groups is 1. The summed E-state index contributed by atoms with van der Waals surface area (Å²) in [5.74, 6) is 1.26. The minimum absolute atomic E-state index is 0.00610. The van der Waals surface area contributed by atoms with Crippen LogP contribution < -0.4 is 5.32 Å². The molecule has 4 rings (SSSR count). The zero-order valence-electron chi connectivity index (χ0n) is 14.2. The van der Waals surface area contributed by atoms with E-state index in [-0.39, 0.29) is 5.91 Å². The van der Waals surface area contributed by atoms with Gasteiger partial charge in [-0.1, -0.05) is 66.7 Å². The summed E-state index contributed by atoms with van der Waals surface area (Å²) in [5, 5.41) is 6.25. The molecule has 0 radical (unpaired) electrons. The molecule has 0 saturated carbocycles. The largest absolute Gasteiger partial charge is 0.325 e. The first-order valence-corrected chi connectivity index (χ1v) is 9.65. The van der Waals surface area contributed by atoms with E-state index >= 15 is 0 Å². The van der Waals surface area contributed by atoms with Gasteiger partial charge in [0, 0.05) is 22.7 Å². The number of hydrogen-bond acceptors (Lipinski definition) is 3. The standard InChI is InChI=1S/C22H18N2OS/c25-21(15-26-14-16-6-2-1-3-7-16)24-20-12-13-23-22-18-9-5-4-8-17(18)10-11-19(20)22/h1-13H,14-15H2,(H,23,24,25). The quantitative estimate of drug-likeness (QED) is 0.495. The van der Waals surface area contributed by atoms with Gasteiger partial charge in [0.1, 0.15) is 0 Å². The van der Waals surface area contributed by atoms with Crippen molar-refractivity contribution in [2.75, 3.05) is 11.1 Å². The number of nitrogens with zero attached hydrogens (tertiary/aromatic N) is 1. The van der Waals surface area contributed by atoms with Crippen LogP contribution in [0.1, 0.15) is 5.56 Å². The third-order valence-corrected chi connectivity index (χ3v) is 5.26. The van der Waals surface area contributed by atoms with E-state index < -0.39 is 0 Å². The van der Waals surface area contributed by atoms with Crippen molar-refractivity contribution in [1.82, 2.24) is 4.98 Å². The van der Waals surface area contributed by atoms with Crippen LogP contribution in [0.2, 0.25) is 0 Å². The Kier molecular flexibility index (Phi) is 4.84. The van der Waals surface area contributed by atoms with Crippen molar-refractivity contribution in [3.63, 3.8) is 0 Å². The fourth-order valence-electron chi connectivity index (χ4n) is 3.02. The Morgan fingerprint density at radius 1 is 0.885 bits per heavy atom. The maximum atomic E-state index is 12.4. The van der Waals surface area contributed by atoms with Gasteiger partial charge in [-0.2, -0.15) is 0 Å². The van der Waals surface area contributed by atoms with Crippen LogP contribution >= 0.6 is 11.8 Å². The number of thioether (sulfide) groups is 1. The second kappa shape index (κ2) is 7.58. The summed E-state index contributed by atoms with van der Waals surface area (Å²) in [6, 6.07) is 24.3. The lowest BCUT2D eigenvalue weighted by molar-refractivity contribution is -0.113. The summed E-state index contributed by atoms with van der Waals surface area (Å²) in [6.45, 7) is 0. The van der Waals surface area contributed by atoms with Crippen molar-refractivity contribution in [2.45, 2.75) is 5.75 Å². The van der Waals surface area contributed by atoms with E-state index in [9.17, 15) is 4.79 Å². The first-order valence-electron chi connectivity index (χ1n) is 8.49. The smallest absolute Gasteiger partial charge is 0.234 e. The molecular formula is C22H18N2OS. The van der Waals surface area contributed by atoms with Gasteiger partial charge in [0.15, 0.2) is 0 Å². The highest BCUT2D eigenvalue weighted by atomic mass is 32.2. The molecule has 1 heterocycles. The second-order valence-corrected chi connectivity index (χ2v) is 7.05. The van der Waals surface area contributed by atoms with Gasteiger partial charge in [-0.25, -0.2) is 0 Å². The lowest BCUT2D eigenvalue weighted by Gasteiger charge is -2.10. The minimum Gasteiger partial charge on any atom is -0.325 e. The summed E-state index contributed by atoms with van der Waals surface area (Å²) in [6.07, 6.45) is 1.75. The Bertz CT molecular complexity index is 1060. The van der Waals surface area contributed by atoms with E-state index in [0.717, 1.165) is 33.1 Å². The summed E-state index contributed by atoms with van der Waals surface area (Å²) in [7, 11) is 0. The minimum atomic E-state index is 0.00610. The van der Waals surface area contributed by atoms with E-state index in [1.807, 2.05) is 42.5 Å². The first kappa shape index (κ1) is 16.6. The average Bonchev–Trinajstić information content (AvgIpc) is 2.69. The molecular weight excluding hydrogens is 340 g/mol. The number of carbonyl (C=O) groups excluding carboxylic acids is 1. The molecule has 1 amide bonds. The molecule has 0 spiro atoms. The van der Waals surface area contributed by atoms with Gasteiger partial charge in [0.2, 0.25) is 5.91 Å². The summed E-state index contributed by atoms with van der Waals surface area (Å²) in [4.78, 5) is 16.9. The van der Waals surface area contributed by atoms with E-state index in [1.165, 1.54) is 5.56 Å². The van der Waals surface area contributed by atoms with Crippen LogP contribution in [0.15, 0.2) is 79.0 Å². The Hall–Kier alpha value is -2.85. The lowest BCUT2D eigenvalue weighted by Crippen LogP contribution is -2.14. The van der Waals surface area contributed by atoms with Crippen LogP contribution in [0.5, 0.6) is 0 Å². The molecule has 3 nitrogen and oxygen atoms in total. The third-order valence-electron chi connectivity index (χ3n) is 4.25. The predicted octanol–water partition coefficient (Wildman–Crippen LogP) is 5.26. The Labute approximate surface area is 156 Å². The molecule has 0 saturated heterocycles. The van der Waals surface area contributed by atoms with Gasteiger partial charge >= 0.3 is 0 Å². The van der Waals surface area contributed by atoms with E-state index in [0.29, 0.717) is 5.75 Å². The van der Waals surface area contributed by atoms with Gasteiger partial charge in [-0.3, -0.25) is 9.78 Å². The number of benzene rings is 3. The van der Waals surface area contributed by atoms with Crippen molar-refractivity contribution >= 4 is 45.0 Å². The van der Waals surface area contributed by atoms with Crippen molar-refractivity contribution in [2.24, 2.45) is 0 Å². The molecule has 1 N–H and O–H groups in total. The highest BCUT2D eigenvalue weighted by molar-refractivity contribution is 7.99. The van der Waals surface area contributed by atoms with Crippen LogP contribution in [0.25, 0.3) is 21.7 Å². The van der Waals surface area contributed by atoms with E-state index in [2.05, 4.69) is 40.6 Å². The highest BCUT2D eigenvalue weighted by Gasteiger charge is 2.09. The fourth-order valence-corrected chi connectivity index (χ4v) is 3.81. The number of fused-ring (bicyclic) bond motifs is 3. The molecule has 0 unspecified atom stereocenters. The van der Waals surface area contributed by atoms with Gasteiger partial charge < -0.3 is 5.32 Å². The zero-order valence-corrected chi connectivity index (χ0v) is 15.0. The lowest BCUT2D eigenvalue weighted by atomic mass is 10.1. The van der Waals surface area contributed by atoms with Crippen LogP contribution in [-0.2, 0) is 10.5 Å². The molecule has 0 atom stereocenters. The van der Waals surface area contributed by atoms with Gasteiger partial charge in [0.25, 0.3) is 0 Å². The summed E-state index contributed by atoms with van der Waals surface area (Å²) >= 11 is 1.61. The molecule has 3 aromatic carbocycles. The fraction of sp³-hybridized carbons (Fsp3) is 0.0909. The first-order chi connectivity index (χ1) is 12.8. The Morgan fingerprint density at radius 3 is 2.58 bits per heavy atom. The number of amides is 1. The number of anilines is 1. The molecule has 0 aliphatic carbocycles. The second-order valence-electron chi connectivity index (χ2n) is 6.07. The average molecular weight is 358 g/mol. The van der Waals surface area contributed by atoms with Gasteiger partial charge in [-0.05, 0) is 17.0 Å². The Balaban J connectivity index is 1.50. The molecule has 0 bridgehead atoms. The molecule has 0 fully saturated rings. The molecule has 26 heavy (non-hydrogen) atoms. The molecule has 128 valence electrons. The van der Waals surface area contributed by atoms with Crippen molar-refractivity contribution < 1.29 is 4.79 Å². The number of nitrogens with one attached hydrogen (secondary N) is 1. The monoisotopic (exact) mass is 358 g/mol. The van der Waals surface area contributed by atoms with Crippen molar-refractivity contribution in [1.29, 1.82) is 0 Å². The van der Waals surface area contributed by atoms with Crippen molar-refractivity contribution in [3.8, 4) is 0 Å².